The molecule has 0 bridgehead atoms. The molecular weight excluding hydrogens is 512 g/mol. The first-order chi connectivity index (χ1) is 18.1. The Balaban J connectivity index is 1.33. The zero-order valence-corrected chi connectivity index (χ0v) is 21.0. The lowest BCUT2D eigenvalue weighted by molar-refractivity contribution is 0.318. The van der Waals surface area contributed by atoms with E-state index in [1.807, 2.05) is 36.4 Å². The Morgan fingerprint density at radius 3 is 2.62 bits per heavy atom. The predicted molar refractivity (Wildman–Crippen MR) is 138 cm³/mol. The molecular formula is C24H22N8O3S2. The number of aromatic nitrogens is 7. The van der Waals surface area contributed by atoms with Gasteiger partial charge in [0.15, 0.2) is 5.82 Å². The smallest absolute Gasteiger partial charge is 0.263 e. The van der Waals surface area contributed by atoms with Gasteiger partial charge in [0.05, 0.1) is 22.8 Å². The SMILES string of the molecule is O=S(=O)(Nc1[nH]nc(SCc2cccc(OCCc3nn[nH]n3)c2)c1-c1ccccn1)c1ccccc1. The van der Waals surface area contributed by atoms with Gasteiger partial charge in [-0.1, -0.05) is 53.4 Å². The minimum atomic E-state index is -3.82. The summed E-state index contributed by atoms with van der Waals surface area (Å²) in [7, 11) is -3.82. The fourth-order valence-corrected chi connectivity index (χ4v) is 5.46. The summed E-state index contributed by atoms with van der Waals surface area (Å²) >= 11 is 1.46. The molecule has 3 aromatic heterocycles. The Labute approximate surface area is 217 Å². The number of rotatable bonds is 11. The molecule has 0 aliphatic rings. The second-order valence-corrected chi connectivity index (χ2v) is 10.4. The number of pyridine rings is 1. The van der Waals surface area contributed by atoms with Gasteiger partial charge in [0.25, 0.3) is 10.0 Å². The summed E-state index contributed by atoms with van der Waals surface area (Å²) in [4.78, 5) is 4.58. The fourth-order valence-electron chi connectivity index (χ4n) is 3.47. The Kier molecular flexibility index (Phi) is 7.42. The van der Waals surface area contributed by atoms with Gasteiger partial charge in [-0.05, 0) is 42.0 Å². The van der Waals surface area contributed by atoms with Crippen LogP contribution in [0.1, 0.15) is 11.4 Å². The highest BCUT2D eigenvalue weighted by Crippen LogP contribution is 2.37. The second-order valence-electron chi connectivity index (χ2n) is 7.77. The van der Waals surface area contributed by atoms with Gasteiger partial charge in [-0.2, -0.15) is 10.3 Å². The van der Waals surface area contributed by atoms with Gasteiger partial charge in [-0.15, -0.1) is 10.2 Å². The number of H-pyrrole nitrogens is 2. The van der Waals surface area contributed by atoms with E-state index in [-0.39, 0.29) is 10.7 Å². The summed E-state index contributed by atoms with van der Waals surface area (Å²) in [6, 6.07) is 21.4. The molecule has 188 valence electrons. The summed E-state index contributed by atoms with van der Waals surface area (Å²) in [5.74, 6) is 2.15. The lowest BCUT2D eigenvalue weighted by atomic mass is 10.2. The van der Waals surface area contributed by atoms with Crippen molar-refractivity contribution < 1.29 is 13.2 Å². The van der Waals surface area contributed by atoms with Crippen LogP contribution >= 0.6 is 11.8 Å². The molecule has 5 rings (SSSR count). The predicted octanol–water partition coefficient (Wildman–Crippen LogP) is 3.70. The normalized spacial score (nSPS) is 11.4. The van der Waals surface area contributed by atoms with E-state index < -0.39 is 10.0 Å². The van der Waals surface area contributed by atoms with Crippen LogP contribution in [-0.2, 0) is 22.2 Å². The van der Waals surface area contributed by atoms with Gasteiger partial charge in [-0.25, -0.2) is 8.42 Å². The van der Waals surface area contributed by atoms with Crippen molar-refractivity contribution in [1.82, 2.24) is 35.8 Å². The largest absolute Gasteiger partial charge is 0.493 e. The van der Waals surface area contributed by atoms with Crippen molar-refractivity contribution in [2.45, 2.75) is 22.1 Å². The number of aromatic amines is 2. The van der Waals surface area contributed by atoms with Crippen LogP contribution in [0.2, 0.25) is 0 Å². The van der Waals surface area contributed by atoms with Crippen LogP contribution in [-0.4, -0.2) is 50.8 Å². The lowest BCUT2D eigenvalue weighted by Crippen LogP contribution is -2.13. The summed E-state index contributed by atoms with van der Waals surface area (Å²) in [6.45, 7) is 0.421. The maximum Gasteiger partial charge on any atom is 0.263 e. The van der Waals surface area contributed by atoms with E-state index in [0.29, 0.717) is 40.9 Å². The number of benzene rings is 2. The summed E-state index contributed by atoms with van der Waals surface area (Å²) < 4.78 is 34.4. The van der Waals surface area contributed by atoms with Crippen LogP contribution < -0.4 is 9.46 Å². The maximum atomic E-state index is 13.0. The van der Waals surface area contributed by atoms with Gasteiger partial charge in [0, 0.05) is 18.4 Å². The molecule has 0 radical (unpaired) electrons. The number of thioether (sulfide) groups is 1. The van der Waals surface area contributed by atoms with E-state index in [1.54, 1.807) is 30.5 Å². The van der Waals surface area contributed by atoms with Crippen molar-refractivity contribution in [1.29, 1.82) is 0 Å². The molecule has 13 heteroatoms. The van der Waals surface area contributed by atoms with Crippen molar-refractivity contribution in [2.24, 2.45) is 0 Å². The molecule has 3 heterocycles. The third kappa shape index (κ3) is 6.13. The molecule has 0 aliphatic carbocycles. The molecule has 0 amide bonds. The Morgan fingerprint density at radius 1 is 0.973 bits per heavy atom. The molecule has 11 nitrogen and oxygen atoms in total. The number of nitrogens with zero attached hydrogens (tertiary/aromatic N) is 5. The van der Waals surface area contributed by atoms with E-state index in [0.717, 1.165) is 11.3 Å². The highest BCUT2D eigenvalue weighted by Gasteiger charge is 2.22. The first-order valence-corrected chi connectivity index (χ1v) is 13.7. The Bertz CT molecular complexity index is 1540. The molecule has 0 aliphatic heterocycles. The van der Waals surface area contributed by atoms with E-state index in [9.17, 15) is 8.42 Å². The monoisotopic (exact) mass is 534 g/mol. The first kappa shape index (κ1) is 24.5. The molecule has 0 unspecified atom stereocenters. The van der Waals surface area contributed by atoms with Crippen molar-refractivity contribution in [3.63, 3.8) is 0 Å². The summed E-state index contributed by atoms with van der Waals surface area (Å²) in [5, 5.41) is 21.6. The molecule has 2 aromatic carbocycles. The number of hydrogen-bond acceptors (Lipinski definition) is 9. The van der Waals surface area contributed by atoms with Crippen molar-refractivity contribution in [3.05, 3.63) is 90.4 Å². The molecule has 3 N–H and O–H groups in total. The number of anilines is 1. The Hall–Kier alpha value is -4.23. The standard InChI is InChI=1S/C24H22N8O3S2/c33-37(34,19-9-2-1-3-10-19)30-23-22(20-11-4-5-13-25-20)24(29-28-23)36-16-17-7-6-8-18(15-17)35-14-12-21-26-31-32-27-21/h1-11,13,15H,12,14,16H2,(H2,28,29,30)(H,26,27,31,32). The van der Waals surface area contributed by atoms with Crippen LogP contribution in [0.25, 0.3) is 11.3 Å². The highest BCUT2D eigenvalue weighted by molar-refractivity contribution is 7.98. The van der Waals surface area contributed by atoms with Crippen molar-refractivity contribution in [2.75, 3.05) is 11.3 Å². The molecule has 5 aromatic rings. The number of sulfonamides is 1. The molecule has 0 saturated heterocycles. The zero-order chi connectivity index (χ0) is 25.5. The quantitative estimate of drug-likeness (QED) is 0.215. The van der Waals surface area contributed by atoms with E-state index >= 15 is 0 Å². The minimum Gasteiger partial charge on any atom is -0.493 e. The Morgan fingerprint density at radius 2 is 1.84 bits per heavy atom. The average molecular weight is 535 g/mol. The third-order valence-electron chi connectivity index (χ3n) is 5.20. The van der Waals surface area contributed by atoms with Crippen LogP contribution in [0.15, 0.2) is 88.9 Å². The summed E-state index contributed by atoms with van der Waals surface area (Å²) in [6.07, 6.45) is 2.19. The van der Waals surface area contributed by atoms with Crippen LogP contribution in [0.5, 0.6) is 5.75 Å². The number of tetrazole rings is 1. The lowest BCUT2D eigenvalue weighted by Gasteiger charge is -2.09. The minimum absolute atomic E-state index is 0.155. The second kappa shape index (κ2) is 11.2. The highest BCUT2D eigenvalue weighted by atomic mass is 32.2. The van der Waals surface area contributed by atoms with Gasteiger partial charge in [0.2, 0.25) is 0 Å². The van der Waals surface area contributed by atoms with Crippen molar-refractivity contribution >= 4 is 27.6 Å². The van der Waals surface area contributed by atoms with E-state index in [4.69, 9.17) is 4.74 Å². The maximum absolute atomic E-state index is 13.0. The molecule has 37 heavy (non-hydrogen) atoms. The zero-order valence-electron chi connectivity index (χ0n) is 19.4. The van der Waals surface area contributed by atoms with E-state index in [2.05, 4.69) is 40.5 Å². The number of nitrogens with one attached hydrogen (secondary N) is 3. The van der Waals surface area contributed by atoms with Gasteiger partial charge in [-0.3, -0.25) is 14.8 Å². The number of ether oxygens (including phenoxy) is 1. The van der Waals surface area contributed by atoms with E-state index in [1.165, 1.54) is 23.9 Å². The first-order valence-electron chi connectivity index (χ1n) is 11.2. The number of hydrogen-bond donors (Lipinski definition) is 3. The van der Waals surface area contributed by atoms with Gasteiger partial charge >= 0.3 is 0 Å². The van der Waals surface area contributed by atoms with Crippen LogP contribution in [0.3, 0.4) is 0 Å². The molecule has 0 atom stereocenters. The fraction of sp³-hybridized carbons (Fsp3) is 0.125. The molecule has 0 spiro atoms. The van der Waals surface area contributed by atoms with Crippen LogP contribution in [0.4, 0.5) is 5.82 Å². The van der Waals surface area contributed by atoms with Crippen LogP contribution in [0, 0.1) is 0 Å². The topological polar surface area (TPSA) is 151 Å². The molecule has 0 fully saturated rings. The third-order valence-corrected chi connectivity index (χ3v) is 7.61. The van der Waals surface area contributed by atoms with Gasteiger partial charge in [0.1, 0.15) is 16.6 Å². The van der Waals surface area contributed by atoms with Crippen molar-refractivity contribution in [3.8, 4) is 17.0 Å². The van der Waals surface area contributed by atoms with Gasteiger partial charge < -0.3 is 4.74 Å². The summed E-state index contributed by atoms with van der Waals surface area (Å²) in [5.41, 5.74) is 2.20. The average Bonchev–Trinajstić information content (AvgIpc) is 3.59. The molecule has 0 saturated carbocycles.